The third-order valence-electron chi connectivity index (χ3n) is 4.06. The molecule has 0 atom stereocenters. The highest BCUT2D eigenvalue weighted by Crippen LogP contribution is 2.32. The average Bonchev–Trinajstić information content (AvgIpc) is 3.29. The van der Waals surface area contributed by atoms with Crippen LogP contribution in [-0.4, -0.2) is 39.4 Å². The fourth-order valence-corrected chi connectivity index (χ4v) is 3.54. The monoisotopic (exact) mass is 413 g/mol. The molecule has 0 saturated carbocycles. The van der Waals surface area contributed by atoms with Gasteiger partial charge in [0, 0.05) is 5.56 Å². The number of hydrogen-bond donors (Lipinski definition) is 1. The molecule has 0 bridgehead atoms. The molecule has 0 spiro atoms. The molecular weight excluding hydrogens is 397 g/mol. The summed E-state index contributed by atoms with van der Waals surface area (Å²) in [5.74, 6) is 0.205. The van der Waals surface area contributed by atoms with Crippen molar-refractivity contribution < 1.29 is 18.7 Å². The number of rotatable bonds is 6. The van der Waals surface area contributed by atoms with Crippen LogP contribution in [0.4, 0.5) is 10.1 Å². The zero-order chi connectivity index (χ0) is 20.4. The predicted molar refractivity (Wildman–Crippen MR) is 106 cm³/mol. The van der Waals surface area contributed by atoms with Gasteiger partial charge in [-0.1, -0.05) is 23.5 Å². The number of fused-ring (bicyclic) bond motifs is 1. The number of ether oxygens (including phenoxy) is 2. The fraction of sp³-hybridized carbons (Fsp3) is 0.158. The summed E-state index contributed by atoms with van der Waals surface area (Å²) >= 11 is 1.38. The molecule has 0 fully saturated rings. The van der Waals surface area contributed by atoms with Gasteiger partial charge in [-0.15, -0.1) is 10.2 Å². The highest BCUT2D eigenvalue weighted by atomic mass is 32.1. The molecule has 10 heteroatoms. The highest BCUT2D eigenvalue weighted by Gasteiger charge is 2.15. The predicted octanol–water partition coefficient (Wildman–Crippen LogP) is 3.33. The van der Waals surface area contributed by atoms with E-state index in [0.29, 0.717) is 22.2 Å². The first-order valence-electron chi connectivity index (χ1n) is 8.59. The van der Waals surface area contributed by atoms with E-state index in [1.54, 1.807) is 28.8 Å². The second kappa shape index (κ2) is 7.84. The molecule has 4 rings (SSSR count). The van der Waals surface area contributed by atoms with Crippen LogP contribution in [0.5, 0.6) is 11.5 Å². The average molecular weight is 413 g/mol. The maximum absolute atomic E-state index is 13.6. The highest BCUT2D eigenvalue weighted by molar-refractivity contribution is 7.19. The van der Waals surface area contributed by atoms with E-state index < -0.39 is 11.7 Å². The van der Waals surface area contributed by atoms with Gasteiger partial charge in [-0.3, -0.25) is 4.79 Å². The first kappa shape index (κ1) is 18.8. The Balaban J connectivity index is 1.53. The zero-order valence-corrected chi connectivity index (χ0v) is 16.4. The van der Waals surface area contributed by atoms with Gasteiger partial charge in [0.15, 0.2) is 24.0 Å². The summed E-state index contributed by atoms with van der Waals surface area (Å²) in [5.41, 5.74) is 1.24. The second-order valence-corrected chi connectivity index (χ2v) is 6.99. The molecule has 0 aliphatic carbocycles. The molecule has 0 radical (unpaired) electrons. The van der Waals surface area contributed by atoms with Gasteiger partial charge in [0.05, 0.1) is 12.8 Å². The normalized spacial score (nSPS) is 10.9. The van der Waals surface area contributed by atoms with Gasteiger partial charge in [-0.25, -0.2) is 4.39 Å². The Kier molecular flexibility index (Phi) is 5.09. The third-order valence-corrected chi connectivity index (χ3v) is 5.01. The van der Waals surface area contributed by atoms with Crippen molar-refractivity contribution in [3.63, 3.8) is 0 Å². The molecule has 2 aromatic heterocycles. The van der Waals surface area contributed by atoms with Gasteiger partial charge in [0.1, 0.15) is 10.8 Å². The van der Waals surface area contributed by atoms with Crippen molar-refractivity contribution in [3.05, 3.63) is 54.1 Å². The number of halogens is 1. The zero-order valence-electron chi connectivity index (χ0n) is 15.5. The number of nitrogens with one attached hydrogen (secondary N) is 1. The number of aryl methyl sites for hydroxylation is 1. The lowest BCUT2D eigenvalue weighted by atomic mass is 10.2. The lowest BCUT2D eigenvalue weighted by Crippen LogP contribution is -2.20. The van der Waals surface area contributed by atoms with Crippen LogP contribution in [0.25, 0.3) is 15.5 Å². The number of benzene rings is 2. The van der Waals surface area contributed by atoms with Crippen molar-refractivity contribution in [2.45, 2.75) is 6.92 Å². The van der Waals surface area contributed by atoms with Crippen LogP contribution in [0, 0.1) is 12.7 Å². The summed E-state index contributed by atoms with van der Waals surface area (Å²) in [4.78, 5) is 13.0. The Morgan fingerprint density at radius 3 is 2.79 bits per heavy atom. The molecule has 0 aliphatic heterocycles. The first-order chi connectivity index (χ1) is 14.0. The van der Waals surface area contributed by atoms with Crippen molar-refractivity contribution in [2.75, 3.05) is 19.0 Å². The molecule has 4 aromatic rings. The van der Waals surface area contributed by atoms with Gasteiger partial charge < -0.3 is 14.8 Å². The van der Waals surface area contributed by atoms with Crippen molar-refractivity contribution >= 4 is 27.9 Å². The van der Waals surface area contributed by atoms with Crippen LogP contribution >= 0.6 is 11.3 Å². The number of hydrogen-bond acceptors (Lipinski definition) is 7. The molecule has 0 unspecified atom stereocenters. The quantitative estimate of drug-likeness (QED) is 0.521. The van der Waals surface area contributed by atoms with Crippen molar-refractivity contribution in [3.8, 4) is 22.1 Å². The number of anilines is 1. The summed E-state index contributed by atoms with van der Waals surface area (Å²) in [5, 5.41) is 16.0. The van der Waals surface area contributed by atoms with Crippen molar-refractivity contribution in [1.29, 1.82) is 0 Å². The van der Waals surface area contributed by atoms with E-state index in [9.17, 15) is 9.18 Å². The van der Waals surface area contributed by atoms with E-state index in [1.165, 1.54) is 30.6 Å². The van der Waals surface area contributed by atoms with Gasteiger partial charge in [-0.05, 0) is 37.3 Å². The lowest BCUT2D eigenvalue weighted by molar-refractivity contribution is -0.118. The Morgan fingerprint density at radius 1 is 1.21 bits per heavy atom. The van der Waals surface area contributed by atoms with Crippen LogP contribution in [0.15, 0.2) is 42.5 Å². The molecule has 0 saturated heterocycles. The van der Waals surface area contributed by atoms with E-state index in [4.69, 9.17) is 9.47 Å². The summed E-state index contributed by atoms with van der Waals surface area (Å²) in [7, 11) is 1.51. The van der Waals surface area contributed by atoms with Gasteiger partial charge in [-0.2, -0.15) is 9.61 Å². The molecule has 2 heterocycles. The maximum atomic E-state index is 13.6. The van der Waals surface area contributed by atoms with E-state index in [1.807, 2.05) is 13.0 Å². The minimum atomic E-state index is -0.529. The smallest absolute Gasteiger partial charge is 0.262 e. The van der Waals surface area contributed by atoms with Crippen LogP contribution in [0.3, 0.4) is 0 Å². The van der Waals surface area contributed by atoms with Crippen LogP contribution in [0.1, 0.15) is 5.82 Å². The van der Waals surface area contributed by atoms with Crippen LogP contribution in [0.2, 0.25) is 0 Å². The van der Waals surface area contributed by atoms with Crippen LogP contribution in [-0.2, 0) is 4.79 Å². The summed E-state index contributed by atoms with van der Waals surface area (Å²) in [6.45, 7) is 1.48. The fourth-order valence-electron chi connectivity index (χ4n) is 2.66. The Morgan fingerprint density at radius 2 is 2.03 bits per heavy atom. The second-order valence-electron chi connectivity index (χ2n) is 6.03. The Bertz CT molecular complexity index is 1190. The van der Waals surface area contributed by atoms with E-state index >= 15 is 0 Å². The molecular formula is C19H16FN5O3S. The number of carbonyl (C=O) groups excluding carboxylic acids is 1. The van der Waals surface area contributed by atoms with E-state index in [0.717, 1.165) is 10.6 Å². The molecule has 2 aromatic carbocycles. The van der Waals surface area contributed by atoms with E-state index in [2.05, 4.69) is 20.6 Å². The van der Waals surface area contributed by atoms with E-state index in [-0.39, 0.29) is 12.4 Å². The maximum Gasteiger partial charge on any atom is 0.262 e. The van der Waals surface area contributed by atoms with Gasteiger partial charge in [0.2, 0.25) is 4.96 Å². The summed E-state index contributed by atoms with van der Waals surface area (Å²) in [6, 6.07) is 11.2. The van der Waals surface area contributed by atoms with Crippen LogP contribution < -0.4 is 14.8 Å². The van der Waals surface area contributed by atoms with Crippen molar-refractivity contribution in [1.82, 2.24) is 19.8 Å². The molecule has 8 nitrogen and oxygen atoms in total. The number of aromatic nitrogens is 4. The Labute approximate surface area is 168 Å². The summed E-state index contributed by atoms with van der Waals surface area (Å²) in [6.07, 6.45) is 0. The topological polar surface area (TPSA) is 90.6 Å². The number of para-hydroxylation sites is 1. The molecule has 148 valence electrons. The molecule has 29 heavy (non-hydrogen) atoms. The first-order valence-corrected chi connectivity index (χ1v) is 9.41. The number of methoxy groups -OCH3 is 1. The SMILES string of the molecule is COc1ccc(-c2nn3c(C)nnc3s2)cc1NC(=O)COc1ccccc1F. The standard InChI is InChI=1S/C19H16FN5O3S/c1-11-22-23-19-25(11)24-18(29-19)12-7-8-16(27-2)14(9-12)21-17(26)10-28-15-6-4-3-5-13(15)20/h3-9H,10H2,1-2H3,(H,21,26). The Hall–Kier alpha value is -3.53. The molecule has 1 N–H and O–H groups in total. The van der Waals surface area contributed by atoms with Crippen molar-refractivity contribution in [2.24, 2.45) is 0 Å². The third kappa shape index (κ3) is 3.87. The van der Waals surface area contributed by atoms with Gasteiger partial charge in [0.25, 0.3) is 5.91 Å². The molecule has 0 aliphatic rings. The minimum Gasteiger partial charge on any atom is -0.495 e. The van der Waals surface area contributed by atoms with Gasteiger partial charge >= 0.3 is 0 Å². The number of carbonyl (C=O) groups is 1. The minimum absolute atomic E-state index is 0.0125. The largest absolute Gasteiger partial charge is 0.495 e. The number of nitrogens with zero attached hydrogens (tertiary/aromatic N) is 4. The number of amides is 1. The molecule has 1 amide bonds. The lowest BCUT2D eigenvalue weighted by Gasteiger charge is -2.12. The summed E-state index contributed by atoms with van der Waals surface area (Å²) < 4.78 is 25.8.